The number of alkyl halides is 18. The fourth-order valence-electron chi connectivity index (χ4n) is 10.5. The van der Waals surface area contributed by atoms with E-state index in [-0.39, 0.29) is 57.8 Å². The molecule has 0 unspecified atom stereocenters. The molecule has 0 aliphatic heterocycles. The van der Waals surface area contributed by atoms with E-state index in [1.807, 2.05) is 0 Å². The molecular weight excluding hydrogens is 786 g/mol. The van der Waals surface area contributed by atoms with Gasteiger partial charge in [0.25, 0.3) is 16.8 Å². The van der Waals surface area contributed by atoms with Crippen LogP contribution < -0.4 is 0 Å². The highest BCUT2D eigenvalue weighted by molar-refractivity contribution is 5.05. The Labute approximate surface area is 298 Å². The molecule has 4 fully saturated rings. The predicted molar refractivity (Wildman–Crippen MR) is 152 cm³/mol. The summed E-state index contributed by atoms with van der Waals surface area (Å²) in [5, 5.41) is 29.8. The van der Waals surface area contributed by atoms with Gasteiger partial charge in [-0.2, -0.15) is 79.0 Å². The maximum atomic E-state index is 13.6. The van der Waals surface area contributed by atoms with Crippen molar-refractivity contribution in [3.8, 4) is 0 Å². The number of halogens is 18. The van der Waals surface area contributed by atoms with Gasteiger partial charge >= 0.3 is 37.1 Å². The van der Waals surface area contributed by atoms with Gasteiger partial charge in [0.2, 0.25) is 0 Å². The third-order valence-electron chi connectivity index (χ3n) is 13.5. The summed E-state index contributed by atoms with van der Waals surface area (Å²) in [5.74, 6) is -9.87. The Balaban J connectivity index is 1.55. The summed E-state index contributed by atoms with van der Waals surface area (Å²) >= 11 is 0. The molecule has 4 rings (SSSR count). The first-order valence-electron chi connectivity index (χ1n) is 17.8. The van der Waals surface area contributed by atoms with Crippen LogP contribution in [0.5, 0.6) is 0 Å². The minimum atomic E-state index is -6.06. The van der Waals surface area contributed by atoms with Gasteiger partial charge in [0, 0.05) is 17.8 Å². The van der Waals surface area contributed by atoms with Crippen molar-refractivity contribution in [2.75, 3.05) is 0 Å². The summed E-state index contributed by atoms with van der Waals surface area (Å²) in [6, 6.07) is 0. The van der Waals surface area contributed by atoms with Crippen molar-refractivity contribution in [3.05, 3.63) is 0 Å². The van der Waals surface area contributed by atoms with Gasteiger partial charge in [-0.25, -0.2) is 0 Å². The SMILES string of the molecule is OC(C1CCC(C2CC(C3CCC(C(O)(C(F)(F)F)C(F)(F)F)CC3)CC(C3CCC(C(O)(C(F)(F)F)C(F)(F)F)CC3)C2)CC1)(C(F)(F)F)C(F)(F)F. The van der Waals surface area contributed by atoms with Gasteiger partial charge in [0.05, 0.1) is 0 Å². The molecule has 0 spiro atoms. The molecule has 0 amide bonds. The minimum Gasteiger partial charge on any atom is -0.373 e. The Hall–Kier alpha value is -1.38. The monoisotopic (exact) mass is 828 g/mol. The molecule has 0 heterocycles. The van der Waals surface area contributed by atoms with E-state index in [9.17, 15) is 94.3 Å². The summed E-state index contributed by atoms with van der Waals surface area (Å²) in [7, 11) is 0. The van der Waals surface area contributed by atoms with Crippen LogP contribution in [-0.2, 0) is 0 Å². The van der Waals surface area contributed by atoms with E-state index in [1.165, 1.54) is 0 Å². The quantitative estimate of drug-likeness (QED) is 0.234. The predicted octanol–water partition coefficient (Wildman–Crippen LogP) is 11.0. The van der Waals surface area contributed by atoms with Gasteiger partial charge in [-0.3, -0.25) is 0 Å². The highest BCUT2D eigenvalue weighted by atomic mass is 19.4. The third kappa shape index (κ3) is 8.03. The van der Waals surface area contributed by atoms with Gasteiger partial charge in [-0.15, -0.1) is 0 Å². The second-order valence-electron chi connectivity index (χ2n) is 16.1. The van der Waals surface area contributed by atoms with Crippen LogP contribution in [0, 0.1) is 53.3 Å². The van der Waals surface area contributed by atoms with E-state index in [0.717, 1.165) is 0 Å². The molecule has 4 aliphatic carbocycles. The average Bonchev–Trinajstić information content (AvgIpc) is 3.04. The number of hydrogen-bond acceptors (Lipinski definition) is 3. The van der Waals surface area contributed by atoms with Gasteiger partial charge in [-0.1, -0.05) is 0 Å². The van der Waals surface area contributed by atoms with Crippen molar-refractivity contribution in [1.29, 1.82) is 0 Å². The van der Waals surface area contributed by atoms with Crippen molar-refractivity contribution >= 4 is 0 Å². The third-order valence-corrected chi connectivity index (χ3v) is 13.5. The molecule has 318 valence electrons. The van der Waals surface area contributed by atoms with Crippen molar-refractivity contribution in [2.45, 2.75) is 150 Å². The van der Waals surface area contributed by atoms with Crippen LogP contribution in [0.15, 0.2) is 0 Å². The smallest absolute Gasteiger partial charge is 0.373 e. The highest BCUT2D eigenvalue weighted by Crippen LogP contribution is 2.59. The summed E-state index contributed by atoms with van der Waals surface area (Å²) < 4.78 is 244. The first-order valence-corrected chi connectivity index (χ1v) is 17.8. The van der Waals surface area contributed by atoms with Crippen molar-refractivity contribution < 1.29 is 94.3 Å². The lowest BCUT2D eigenvalue weighted by atomic mass is 9.57. The van der Waals surface area contributed by atoms with Crippen LogP contribution >= 0.6 is 0 Å². The molecule has 0 radical (unpaired) electrons. The molecule has 0 aromatic rings. The molecule has 21 heteroatoms. The molecule has 3 N–H and O–H groups in total. The van der Waals surface area contributed by atoms with Crippen LogP contribution in [0.4, 0.5) is 79.0 Å². The molecule has 54 heavy (non-hydrogen) atoms. The van der Waals surface area contributed by atoms with Crippen LogP contribution in [0.25, 0.3) is 0 Å². The zero-order valence-corrected chi connectivity index (χ0v) is 28.4. The first-order chi connectivity index (χ1) is 24.2. The van der Waals surface area contributed by atoms with Gasteiger partial charge < -0.3 is 15.3 Å². The molecule has 0 aromatic carbocycles. The van der Waals surface area contributed by atoms with Crippen LogP contribution in [0.1, 0.15) is 96.3 Å². The zero-order chi connectivity index (χ0) is 41.3. The topological polar surface area (TPSA) is 60.7 Å². The average molecular weight is 829 g/mol. The number of hydrogen-bond donors (Lipinski definition) is 3. The summed E-state index contributed by atoms with van der Waals surface area (Å²) in [5.41, 5.74) is -15.0. The summed E-state index contributed by atoms with van der Waals surface area (Å²) in [4.78, 5) is 0. The second kappa shape index (κ2) is 14.8. The Morgan fingerprint density at radius 1 is 0.241 bits per heavy atom. The van der Waals surface area contributed by atoms with E-state index in [4.69, 9.17) is 0 Å². The largest absolute Gasteiger partial charge is 0.426 e. The maximum absolute atomic E-state index is 13.6. The van der Waals surface area contributed by atoms with Crippen molar-refractivity contribution in [1.82, 2.24) is 0 Å². The second-order valence-corrected chi connectivity index (χ2v) is 16.1. The van der Waals surface area contributed by atoms with Crippen molar-refractivity contribution in [2.24, 2.45) is 53.3 Å². The summed E-state index contributed by atoms with van der Waals surface area (Å²) in [6.45, 7) is 0. The molecular formula is C33H42F18O3. The normalized spacial score (nSPS) is 33.8. The molecule has 4 aliphatic rings. The standard InChI is InChI=1S/C33H42F18O3/c34-28(35,36)25(52,29(37,38)39)22-7-1-16(2-8-22)19-13-20(17-3-9-23(10-4-17)26(53,30(40,41)42)31(43,44)45)15-21(14-19)18-5-11-24(12-6-18)27(54,32(46,47)48)33(49,50)51/h16-24,52-54H,1-15H2. The number of rotatable bonds is 6. The van der Waals surface area contributed by atoms with Gasteiger partial charge in [0.15, 0.2) is 0 Å². The van der Waals surface area contributed by atoms with E-state index in [2.05, 4.69) is 0 Å². The molecule has 0 saturated heterocycles. The zero-order valence-electron chi connectivity index (χ0n) is 28.4. The fourth-order valence-corrected chi connectivity index (χ4v) is 10.5. The van der Waals surface area contributed by atoms with Gasteiger partial charge in [-0.05, 0) is 132 Å². The van der Waals surface area contributed by atoms with E-state index in [0.29, 0.717) is 0 Å². The maximum Gasteiger partial charge on any atom is 0.426 e. The Morgan fingerprint density at radius 3 is 0.519 bits per heavy atom. The molecule has 0 atom stereocenters. The van der Waals surface area contributed by atoms with Crippen LogP contribution in [0.3, 0.4) is 0 Å². The molecule has 0 bridgehead atoms. The molecule has 3 nitrogen and oxygen atoms in total. The van der Waals surface area contributed by atoms with Crippen molar-refractivity contribution in [3.63, 3.8) is 0 Å². The Morgan fingerprint density at radius 2 is 0.389 bits per heavy atom. The van der Waals surface area contributed by atoms with E-state index in [1.54, 1.807) is 0 Å². The number of aliphatic hydroxyl groups is 3. The minimum absolute atomic E-state index is 0.212. The van der Waals surface area contributed by atoms with E-state index >= 15 is 0 Å². The fraction of sp³-hybridized carbons (Fsp3) is 1.00. The van der Waals surface area contributed by atoms with E-state index < -0.39 is 146 Å². The van der Waals surface area contributed by atoms with Gasteiger partial charge in [0.1, 0.15) is 0 Å². The Kier molecular flexibility index (Phi) is 12.4. The molecule has 0 aromatic heterocycles. The van der Waals surface area contributed by atoms with Crippen LogP contribution in [0.2, 0.25) is 0 Å². The Bertz CT molecular complexity index is 1040. The summed E-state index contributed by atoms with van der Waals surface area (Å²) in [6.07, 6.45) is -41.3. The lowest BCUT2D eigenvalue weighted by Crippen LogP contribution is -2.62. The first kappa shape index (κ1) is 45.3. The lowest BCUT2D eigenvalue weighted by molar-refractivity contribution is -0.388. The molecule has 4 saturated carbocycles. The van der Waals surface area contributed by atoms with Crippen LogP contribution in [-0.4, -0.2) is 69.2 Å². The highest BCUT2D eigenvalue weighted by Gasteiger charge is 2.76. The lowest BCUT2D eigenvalue weighted by Gasteiger charge is -2.50.